The summed E-state index contributed by atoms with van der Waals surface area (Å²) < 4.78 is 46.5. The van der Waals surface area contributed by atoms with Gasteiger partial charge in [-0.3, -0.25) is 0 Å². The number of amides is 1. The molecule has 2 heterocycles. The van der Waals surface area contributed by atoms with E-state index in [4.69, 9.17) is 4.74 Å². The summed E-state index contributed by atoms with van der Waals surface area (Å²) in [6.45, 7) is 5.56. The fourth-order valence-corrected chi connectivity index (χ4v) is 6.58. The molecular weight excluding hydrogens is 465 g/mol. The zero-order valence-electron chi connectivity index (χ0n) is 18.4. The van der Waals surface area contributed by atoms with E-state index in [0.717, 1.165) is 23.5 Å². The minimum atomic E-state index is -4.17. The second kappa shape index (κ2) is 9.29. The van der Waals surface area contributed by atoms with Crippen molar-refractivity contribution >= 4 is 27.3 Å². The van der Waals surface area contributed by atoms with E-state index in [1.165, 1.54) is 25.4 Å². The van der Waals surface area contributed by atoms with Gasteiger partial charge in [-0.15, -0.1) is 11.3 Å². The van der Waals surface area contributed by atoms with E-state index in [1.54, 1.807) is 18.2 Å². The SMILES string of the molecule is CNC(=O)OC(c1cc(-c2cccnc2C#N)c(S(=O)(=O)c2cccc(F)c2)s1)C(C)(C)C. The Kier molecular flexibility index (Phi) is 6.86. The van der Waals surface area contributed by atoms with Crippen LogP contribution in [0.5, 0.6) is 0 Å². The van der Waals surface area contributed by atoms with E-state index >= 15 is 0 Å². The van der Waals surface area contributed by atoms with Crippen molar-refractivity contribution in [3.05, 3.63) is 65.0 Å². The second-order valence-electron chi connectivity index (χ2n) is 8.22. The highest BCUT2D eigenvalue weighted by molar-refractivity contribution is 7.93. The van der Waals surface area contributed by atoms with Crippen LogP contribution in [0.1, 0.15) is 37.4 Å². The van der Waals surface area contributed by atoms with E-state index in [-0.39, 0.29) is 20.4 Å². The lowest BCUT2D eigenvalue weighted by Gasteiger charge is -2.29. The predicted molar refractivity (Wildman–Crippen MR) is 122 cm³/mol. The third kappa shape index (κ3) is 5.05. The summed E-state index contributed by atoms with van der Waals surface area (Å²) in [5.74, 6) is -0.691. The number of carbonyl (C=O) groups excluding carboxylic acids is 1. The Morgan fingerprint density at radius 2 is 1.94 bits per heavy atom. The summed E-state index contributed by atoms with van der Waals surface area (Å²) in [6.07, 6.45) is -0.0266. The molecule has 2 aromatic heterocycles. The number of rotatable bonds is 5. The topological polar surface area (TPSA) is 109 Å². The van der Waals surface area contributed by atoms with E-state index in [2.05, 4.69) is 10.3 Å². The molecular formula is C23H22FN3O4S2. The van der Waals surface area contributed by atoms with Crippen LogP contribution in [0.25, 0.3) is 11.1 Å². The smallest absolute Gasteiger partial charge is 0.407 e. The number of thiophene rings is 1. The predicted octanol–water partition coefficient (Wildman–Crippen LogP) is 5.10. The van der Waals surface area contributed by atoms with Crippen molar-refractivity contribution in [1.82, 2.24) is 10.3 Å². The van der Waals surface area contributed by atoms with Gasteiger partial charge >= 0.3 is 6.09 Å². The number of ether oxygens (including phenoxy) is 1. The molecule has 3 rings (SSSR count). The molecule has 1 N–H and O–H groups in total. The van der Waals surface area contributed by atoms with Crippen molar-refractivity contribution in [2.75, 3.05) is 7.05 Å². The molecule has 7 nitrogen and oxygen atoms in total. The molecule has 1 aromatic carbocycles. The number of hydrogen-bond donors (Lipinski definition) is 1. The van der Waals surface area contributed by atoms with Crippen molar-refractivity contribution in [1.29, 1.82) is 5.26 Å². The van der Waals surface area contributed by atoms with E-state index in [0.29, 0.717) is 10.4 Å². The number of halogens is 1. The maximum atomic E-state index is 13.8. The number of sulfone groups is 1. The zero-order valence-corrected chi connectivity index (χ0v) is 20.1. The summed E-state index contributed by atoms with van der Waals surface area (Å²) in [6, 6.07) is 11.5. The van der Waals surface area contributed by atoms with Gasteiger partial charge in [-0.25, -0.2) is 22.6 Å². The first kappa shape index (κ1) is 24.4. The highest BCUT2D eigenvalue weighted by atomic mass is 32.2. The fraction of sp³-hybridized carbons (Fsp3) is 0.261. The minimum Gasteiger partial charge on any atom is -0.440 e. The minimum absolute atomic E-state index is 0.0390. The van der Waals surface area contributed by atoms with Crippen LogP contribution >= 0.6 is 11.3 Å². The number of carbonyl (C=O) groups is 1. The van der Waals surface area contributed by atoms with Gasteiger partial charge in [-0.2, -0.15) is 5.26 Å². The van der Waals surface area contributed by atoms with Gasteiger partial charge in [0, 0.05) is 34.7 Å². The Bertz CT molecular complexity index is 1340. The number of nitrogens with zero attached hydrogens (tertiary/aromatic N) is 2. The van der Waals surface area contributed by atoms with Crippen LogP contribution < -0.4 is 5.32 Å². The first-order valence-corrected chi connectivity index (χ1v) is 12.2. The maximum absolute atomic E-state index is 13.8. The standard InChI is InChI=1S/C23H22FN3O4S2/c1-23(2,3)20(31-22(28)26-4)19-12-17(16-9-6-10-27-18(16)13-25)21(32-19)33(29,30)15-8-5-7-14(24)11-15/h5-12,20H,1-4H3,(H,26,28). The Hall–Kier alpha value is -3.29. The lowest BCUT2D eigenvalue weighted by Crippen LogP contribution is -2.28. The van der Waals surface area contributed by atoms with E-state index in [9.17, 15) is 22.9 Å². The third-order valence-corrected chi connectivity index (χ3v) is 8.21. The highest BCUT2D eigenvalue weighted by Gasteiger charge is 2.35. The van der Waals surface area contributed by atoms with Crippen LogP contribution in [0.3, 0.4) is 0 Å². The Morgan fingerprint density at radius 3 is 2.55 bits per heavy atom. The summed E-state index contributed by atoms with van der Waals surface area (Å²) >= 11 is 0.916. The van der Waals surface area contributed by atoms with Crippen LogP contribution in [0.15, 0.2) is 57.8 Å². The lowest BCUT2D eigenvalue weighted by molar-refractivity contribution is 0.0338. The number of benzene rings is 1. The Labute approximate surface area is 195 Å². The number of pyridine rings is 1. The molecule has 0 aliphatic rings. The molecule has 3 aromatic rings. The van der Waals surface area contributed by atoms with Gasteiger partial charge in [0.1, 0.15) is 27.9 Å². The molecule has 0 fully saturated rings. The van der Waals surface area contributed by atoms with Gasteiger partial charge in [-0.05, 0) is 36.4 Å². The largest absolute Gasteiger partial charge is 0.440 e. The second-order valence-corrected chi connectivity index (χ2v) is 11.5. The first-order valence-electron chi connectivity index (χ1n) is 9.87. The average Bonchev–Trinajstić information content (AvgIpc) is 3.22. The number of nitrogens with one attached hydrogen (secondary N) is 1. The fourth-order valence-electron chi connectivity index (χ4n) is 3.19. The summed E-state index contributed by atoms with van der Waals surface area (Å²) in [4.78, 5) is 16.3. The summed E-state index contributed by atoms with van der Waals surface area (Å²) in [5, 5.41) is 11.9. The van der Waals surface area contributed by atoms with Crippen LogP contribution in [-0.2, 0) is 14.6 Å². The van der Waals surface area contributed by atoms with Gasteiger partial charge in [0.15, 0.2) is 0 Å². The zero-order chi connectivity index (χ0) is 24.4. The molecule has 0 saturated carbocycles. The third-order valence-electron chi connectivity index (χ3n) is 4.75. The van der Waals surface area contributed by atoms with Gasteiger partial charge in [0.05, 0.1) is 4.90 Å². The quantitative estimate of drug-likeness (QED) is 0.536. The number of hydrogen-bond acceptors (Lipinski definition) is 7. The molecule has 1 atom stereocenters. The van der Waals surface area contributed by atoms with Crippen molar-refractivity contribution in [3.63, 3.8) is 0 Å². The molecule has 172 valence electrons. The number of aromatic nitrogens is 1. The average molecular weight is 488 g/mol. The summed E-state index contributed by atoms with van der Waals surface area (Å²) in [7, 11) is -2.75. The molecule has 0 aliphatic heterocycles. The van der Waals surface area contributed by atoms with Crippen molar-refractivity contribution in [3.8, 4) is 17.2 Å². The molecule has 0 spiro atoms. The van der Waals surface area contributed by atoms with Gasteiger partial charge in [-0.1, -0.05) is 26.8 Å². The van der Waals surface area contributed by atoms with Crippen molar-refractivity contribution < 1.29 is 22.3 Å². The van der Waals surface area contributed by atoms with Crippen LogP contribution in [0.4, 0.5) is 9.18 Å². The molecule has 10 heteroatoms. The van der Waals surface area contributed by atoms with Crippen molar-refractivity contribution in [2.24, 2.45) is 5.41 Å². The molecule has 0 bridgehead atoms. The molecule has 0 radical (unpaired) electrons. The molecule has 0 aliphatic carbocycles. The molecule has 0 saturated heterocycles. The summed E-state index contributed by atoms with van der Waals surface area (Å²) in [5.41, 5.74) is 0.00226. The lowest BCUT2D eigenvalue weighted by atomic mass is 9.87. The Morgan fingerprint density at radius 1 is 1.21 bits per heavy atom. The first-order chi connectivity index (χ1) is 15.5. The van der Waals surface area contributed by atoms with Crippen LogP contribution in [0.2, 0.25) is 0 Å². The molecule has 33 heavy (non-hydrogen) atoms. The number of alkyl carbamates (subject to hydrolysis) is 1. The van der Waals surface area contributed by atoms with Gasteiger partial charge in [0.2, 0.25) is 9.84 Å². The van der Waals surface area contributed by atoms with Gasteiger partial charge < -0.3 is 10.1 Å². The highest BCUT2D eigenvalue weighted by Crippen LogP contribution is 2.46. The van der Waals surface area contributed by atoms with E-state index in [1.807, 2.05) is 26.8 Å². The maximum Gasteiger partial charge on any atom is 0.407 e. The molecule has 1 amide bonds. The van der Waals surface area contributed by atoms with Gasteiger partial charge in [0.25, 0.3) is 0 Å². The Balaban J connectivity index is 2.31. The monoisotopic (exact) mass is 487 g/mol. The van der Waals surface area contributed by atoms with E-state index < -0.39 is 33.3 Å². The number of nitriles is 1. The van der Waals surface area contributed by atoms with Crippen LogP contribution in [0, 0.1) is 22.6 Å². The normalized spacial score (nSPS) is 12.6. The molecule has 1 unspecified atom stereocenters. The van der Waals surface area contributed by atoms with Crippen LogP contribution in [-0.4, -0.2) is 26.5 Å². The van der Waals surface area contributed by atoms with Crippen molar-refractivity contribution in [2.45, 2.75) is 36.0 Å².